The third-order valence-electron chi connectivity index (χ3n) is 4.52. The maximum Gasteiger partial charge on any atom is 0.246 e. The molecule has 1 aliphatic heterocycles. The first-order valence-electron chi connectivity index (χ1n) is 8.39. The molecule has 150 valence electrons. The number of rotatable bonds is 4. The predicted molar refractivity (Wildman–Crippen MR) is 97.9 cm³/mol. The highest BCUT2D eigenvalue weighted by Crippen LogP contribution is 2.28. The van der Waals surface area contributed by atoms with Crippen LogP contribution >= 0.6 is 11.6 Å². The van der Waals surface area contributed by atoms with Crippen LogP contribution in [0.3, 0.4) is 0 Å². The first-order chi connectivity index (χ1) is 13.2. The summed E-state index contributed by atoms with van der Waals surface area (Å²) in [6.45, 7) is -0.0406. The molecule has 0 spiro atoms. The Morgan fingerprint density at radius 1 is 1.04 bits per heavy atom. The van der Waals surface area contributed by atoms with E-state index in [0.29, 0.717) is 6.07 Å². The van der Waals surface area contributed by atoms with E-state index in [1.807, 2.05) is 0 Å². The van der Waals surface area contributed by atoms with Gasteiger partial charge in [0.1, 0.15) is 22.3 Å². The molecule has 28 heavy (non-hydrogen) atoms. The van der Waals surface area contributed by atoms with Crippen LogP contribution in [0.15, 0.2) is 41.3 Å². The summed E-state index contributed by atoms with van der Waals surface area (Å²) in [7, 11) is -4.21. The molecule has 0 atom stereocenters. The van der Waals surface area contributed by atoms with Crippen LogP contribution in [0.4, 0.5) is 18.9 Å². The Bertz CT molecular complexity index is 1010. The molecule has 2 aromatic carbocycles. The Morgan fingerprint density at radius 3 is 2.29 bits per heavy atom. The minimum Gasteiger partial charge on any atom is -0.325 e. The van der Waals surface area contributed by atoms with E-state index in [1.54, 1.807) is 0 Å². The molecule has 0 aromatic heterocycles. The molecular weight excluding hydrogens is 417 g/mol. The molecule has 1 amide bonds. The zero-order valence-electron chi connectivity index (χ0n) is 14.5. The van der Waals surface area contributed by atoms with E-state index >= 15 is 0 Å². The number of benzene rings is 2. The molecule has 0 radical (unpaired) electrons. The van der Waals surface area contributed by atoms with Gasteiger partial charge in [-0.05, 0) is 49.2 Å². The summed E-state index contributed by atoms with van der Waals surface area (Å²) in [6, 6.07) is 5.80. The van der Waals surface area contributed by atoms with Crippen LogP contribution in [-0.4, -0.2) is 31.7 Å². The van der Waals surface area contributed by atoms with E-state index in [0.717, 1.165) is 28.6 Å². The van der Waals surface area contributed by atoms with E-state index in [1.165, 1.54) is 6.07 Å². The topological polar surface area (TPSA) is 66.5 Å². The van der Waals surface area contributed by atoms with E-state index in [-0.39, 0.29) is 42.5 Å². The summed E-state index contributed by atoms with van der Waals surface area (Å²) < 4.78 is 66.4. The van der Waals surface area contributed by atoms with Gasteiger partial charge >= 0.3 is 0 Å². The summed E-state index contributed by atoms with van der Waals surface area (Å²) in [4.78, 5) is 11.7. The Labute approximate surface area is 165 Å². The lowest BCUT2D eigenvalue weighted by Gasteiger charge is -2.30. The van der Waals surface area contributed by atoms with Crippen LogP contribution in [0.25, 0.3) is 0 Å². The largest absolute Gasteiger partial charge is 0.325 e. The summed E-state index contributed by atoms with van der Waals surface area (Å²) in [5, 5.41) is 2.64. The van der Waals surface area contributed by atoms with Gasteiger partial charge in [0.05, 0.1) is 10.7 Å². The molecule has 0 bridgehead atoms. The first-order valence-corrected chi connectivity index (χ1v) is 10.2. The second-order valence-corrected chi connectivity index (χ2v) is 8.68. The Hall–Kier alpha value is -2.10. The number of hydrogen-bond donors (Lipinski definition) is 1. The normalized spacial score (nSPS) is 16.1. The molecule has 1 saturated heterocycles. The lowest BCUT2D eigenvalue weighted by Crippen LogP contribution is -2.41. The molecule has 0 aliphatic carbocycles. The fourth-order valence-corrected chi connectivity index (χ4v) is 4.76. The van der Waals surface area contributed by atoms with Crippen molar-refractivity contribution in [3.63, 3.8) is 0 Å². The zero-order chi connectivity index (χ0) is 20.5. The van der Waals surface area contributed by atoms with Gasteiger partial charge in [0, 0.05) is 19.0 Å². The maximum atomic E-state index is 13.9. The molecule has 0 saturated carbocycles. The number of piperidine rings is 1. The average Bonchev–Trinajstić information content (AvgIpc) is 2.66. The third-order valence-corrected chi connectivity index (χ3v) is 6.75. The monoisotopic (exact) mass is 432 g/mol. The van der Waals surface area contributed by atoms with Crippen molar-refractivity contribution in [3.05, 3.63) is 58.9 Å². The van der Waals surface area contributed by atoms with Gasteiger partial charge in [0.2, 0.25) is 15.9 Å². The van der Waals surface area contributed by atoms with E-state index in [2.05, 4.69) is 5.32 Å². The van der Waals surface area contributed by atoms with Crippen LogP contribution in [0.1, 0.15) is 12.8 Å². The van der Waals surface area contributed by atoms with Gasteiger partial charge in [-0.25, -0.2) is 21.6 Å². The number of sulfonamides is 1. The lowest BCUT2D eigenvalue weighted by atomic mass is 9.97. The number of hydrogen-bond acceptors (Lipinski definition) is 3. The molecular formula is C18H16ClF3N2O3S. The second-order valence-electron chi connectivity index (χ2n) is 6.37. The summed E-state index contributed by atoms with van der Waals surface area (Å²) >= 11 is 5.88. The van der Waals surface area contributed by atoms with Crippen LogP contribution < -0.4 is 5.32 Å². The van der Waals surface area contributed by atoms with Crippen LogP contribution in [0, 0.1) is 23.4 Å². The van der Waals surface area contributed by atoms with Crippen molar-refractivity contribution < 1.29 is 26.4 Å². The summed E-state index contributed by atoms with van der Waals surface area (Å²) in [5.41, 5.74) is 0.255. The van der Waals surface area contributed by atoms with Crippen LogP contribution in [-0.2, 0) is 14.8 Å². The molecule has 10 heteroatoms. The average molecular weight is 433 g/mol. The van der Waals surface area contributed by atoms with E-state index in [9.17, 15) is 26.4 Å². The van der Waals surface area contributed by atoms with Gasteiger partial charge in [-0.15, -0.1) is 0 Å². The number of carbonyl (C=O) groups excluding carboxylic acids is 1. The molecule has 0 unspecified atom stereocenters. The molecule has 3 rings (SSSR count). The number of nitrogens with zero attached hydrogens (tertiary/aromatic N) is 1. The molecule has 1 aliphatic rings. The molecule has 2 aromatic rings. The van der Waals surface area contributed by atoms with Crippen molar-refractivity contribution in [1.82, 2.24) is 4.31 Å². The van der Waals surface area contributed by atoms with Gasteiger partial charge in [0.15, 0.2) is 0 Å². The number of halogens is 4. The van der Waals surface area contributed by atoms with Crippen molar-refractivity contribution in [2.75, 3.05) is 18.4 Å². The standard InChI is InChI=1S/C18H16ClF3N2O3S/c19-14-9-12(20)2-4-16(14)23-18(25)11-5-7-24(8-6-11)28(26,27)17-10-13(21)1-3-15(17)22/h1-4,9-11H,5-8H2,(H,23,25). The lowest BCUT2D eigenvalue weighted by molar-refractivity contribution is -0.120. The van der Waals surface area contributed by atoms with Gasteiger partial charge in [-0.2, -0.15) is 4.31 Å². The number of amides is 1. The highest BCUT2D eigenvalue weighted by Gasteiger charge is 2.34. The summed E-state index contributed by atoms with van der Waals surface area (Å²) in [6.07, 6.45) is 0.390. The van der Waals surface area contributed by atoms with Crippen LogP contribution in [0.2, 0.25) is 5.02 Å². The van der Waals surface area contributed by atoms with Crippen molar-refractivity contribution in [2.24, 2.45) is 5.92 Å². The van der Waals surface area contributed by atoms with Gasteiger partial charge < -0.3 is 5.32 Å². The quantitative estimate of drug-likeness (QED) is 0.799. The van der Waals surface area contributed by atoms with Crippen LogP contribution in [0.5, 0.6) is 0 Å². The first kappa shape index (κ1) is 20.6. The van der Waals surface area contributed by atoms with Crippen molar-refractivity contribution in [3.8, 4) is 0 Å². The molecule has 1 N–H and O–H groups in total. The van der Waals surface area contributed by atoms with E-state index < -0.39 is 38.3 Å². The molecule has 1 fully saturated rings. The minimum atomic E-state index is -4.21. The van der Waals surface area contributed by atoms with Crippen molar-refractivity contribution in [2.45, 2.75) is 17.7 Å². The SMILES string of the molecule is O=C(Nc1ccc(F)cc1Cl)C1CCN(S(=O)(=O)c2cc(F)ccc2F)CC1. The second kappa shape index (κ2) is 8.10. The number of carbonyl (C=O) groups is 1. The van der Waals surface area contributed by atoms with Gasteiger partial charge in [-0.1, -0.05) is 11.6 Å². The van der Waals surface area contributed by atoms with Crippen molar-refractivity contribution in [1.29, 1.82) is 0 Å². The Morgan fingerprint density at radius 2 is 1.64 bits per heavy atom. The van der Waals surface area contributed by atoms with Gasteiger partial charge in [0.25, 0.3) is 0 Å². The number of anilines is 1. The zero-order valence-corrected chi connectivity index (χ0v) is 16.0. The Balaban J connectivity index is 1.66. The van der Waals surface area contributed by atoms with Crippen molar-refractivity contribution >= 4 is 33.2 Å². The van der Waals surface area contributed by atoms with E-state index in [4.69, 9.17) is 11.6 Å². The highest BCUT2D eigenvalue weighted by atomic mass is 35.5. The molecule has 5 nitrogen and oxygen atoms in total. The third kappa shape index (κ3) is 4.31. The molecule has 1 heterocycles. The van der Waals surface area contributed by atoms with Gasteiger partial charge in [-0.3, -0.25) is 4.79 Å². The maximum absolute atomic E-state index is 13.9. The Kier molecular flexibility index (Phi) is 5.97. The fraction of sp³-hybridized carbons (Fsp3) is 0.278. The fourth-order valence-electron chi connectivity index (χ4n) is 3.00. The smallest absolute Gasteiger partial charge is 0.246 e. The summed E-state index contributed by atoms with van der Waals surface area (Å²) in [5.74, 6) is -3.30. The highest BCUT2D eigenvalue weighted by molar-refractivity contribution is 7.89. The predicted octanol–water partition coefficient (Wildman–Crippen LogP) is 3.80. The number of nitrogens with one attached hydrogen (secondary N) is 1. The minimum absolute atomic E-state index is 0.0203.